The van der Waals surface area contributed by atoms with Gasteiger partial charge in [0.25, 0.3) is 0 Å². The predicted molar refractivity (Wildman–Crippen MR) is 133 cm³/mol. The number of carbonyl (C=O) groups excluding carboxylic acids is 1. The highest BCUT2D eigenvalue weighted by atomic mass is 16.5. The third-order valence-electron chi connectivity index (χ3n) is 6.08. The van der Waals surface area contributed by atoms with Crippen LogP contribution in [0.4, 0.5) is 5.69 Å². The summed E-state index contributed by atoms with van der Waals surface area (Å²) in [5.41, 5.74) is 9.10. The zero-order chi connectivity index (χ0) is 22.8. The van der Waals surface area contributed by atoms with E-state index in [4.69, 9.17) is 10.5 Å². The minimum atomic E-state index is 0.0130. The monoisotopic (exact) mass is 432 g/mol. The summed E-state index contributed by atoms with van der Waals surface area (Å²) in [5, 5.41) is 0. The lowest BCUT2D eigenvalue weighted by Crippen LogP contribution is -2.55. The van der Waals surface area contributed by atoms with Crippen molar-refractivity contribution in [2.24, 2.45) is 11.7 Å². The number of carbonyl (C=O) groups is 1. The number of β-lactam (4-membered cyclic amide) rings is 1. The molecule has 3 rings (SSSR count). The van der Waals surface area contributed by atoms with Crippen LogP contribution in [0.5, 0.6) is 5.75 Å². The lowest BCUT2D eigenvalue weighted by atomic mass is 9.78. The molecule has 1 saturated heterocycles. The van der Waals surface area contributed by atoms with Crippen LogP contribution in [0.25, 0.3) is 0 Å². The quantitative estimate of drug-likeness (QED) is 0.247. The van der Waals surface area contributed by atoms with Crippen LogP contribution in [-0.4, -0.2) is 19.1 Å². The van der Waals surface area contributed by atoms with Crippen molar-refractivity contribution in [2.45, 2.75) is 52.0 Å². The van der Waals surface area contributed by atoms with E-state index in [1.807, 2.05) is 54.3 Å². The first kappa shape index (κ1) is 23.8. The van der Waals surface area contributed by atoms with Crippen LogP contribution in [0.1, 0.15) is 57.6 Å². The van der Waals surface area contributed by atoms with E-state index in [9.17, 15) is 4.79 Å². The number of para-hydroxylation sites is 1. The van der Waals surface area contributed by atoms with E-state index in [0.717, 1.165) is 49.1 Å². The Balaban J connectivity index is 1.73. The Hall–Kier alpha value is -2.85. The highest BCUT2D eigenvalue weighted by Crippen LogP contribution is 2.46. The van der Waals surface area contributed by atoms with Crippen molar-refractivity contribution in [1.29, 1.82) is 0 Å². The van der Waals surface area contributed by atoms with Gasteiger partial charge in [0, 0.05) is 5.69 Å². The standard InChI is InChI=1S/C28H36N2O2/c1-3-5-11-22(4-2)12-9-15-26-27(30(28(26)31)24-13-7-6-8-14-24)23-16-18-25(19-17-23)32-21-10-20-29/h3,5-8,11,13-14,16-19,26-27H,4,9-10,12,15,20-21,29H2,1-2H3/b5-3-,22-11+/t26-,27-/m1/s1. The summed E-state index contributed by atoms with van der Waals surface area (Å²) >= 11 is 0. The number of amides is 1. The summed E-state index contributed by atoms with van der Waals surface area (Å²) in [6, 6.07) is 18.3. The Labute approximate surface area is 192 Å². The highest BCUT2D eigenvalue weighted by Gasteiger charge is 2.48. The number of ether oxygens (including phenoxy) is 1. The maximum atomic E-state index is 13.2. The van der Waals surface area contributed by atoms with Crippen molar-refractivity contribution in [3.05, 3.63) is 84.0 Å². The van der Waals surface area contributed by atoms with Gasteiger partial charge >= 0.3 is 0 Å². The van der Waals surface area contributed by atoms with Crippen LogP contribution in [0.15, 0.2) is 78.4 Å². The van der Waals surface area contributed by atoms with Crippen LogP contribution in [0.2, 0.25) is 0 Å². The van der Waals surface area contributed by atoms with Gasteiger partial charge in [-0.3, -0.25) is 4.79 Å². The third-order valence-corrected chi connectivity index (χ3v) is 6.08. The summed E-state index contributed by atoms with van der Waals surface area (Å²) < 4.78 is 5.76. The second-order valence-electron chi connectivity index (χ2n) is 8.25. The molecular formula is C28H36N2O2. The zero-order valence-electron chi connectivity index (χ0n) is 19.4. The number of benzene rings is 2. The van der Waals surface area contributed by atoms with E-state index in [-0.39, 0.29) is 17.9 Å². The van der Waals surface area contributed by atoms with Crippen molar-refractivity contribution in [3.8, 4) is 5.75 Å². The van der Waals surface area contributed by atoms with Crippen molar-refractivity contribution in [3.63, 3.8) is 0 Å². The largest absolute Gasteiger partial charge is 0.494 e. The van der Waals surface area contributed by atoms with Gasteiger partial charge in [-0.15, -0.1) is 0 Å². The van der Waals surface area contributed by atoms with Gasteiger partial charge in [0.15, 0.2) is 0 Å². The predicted octanol–water partition coefficient (Wildman–Crippen LogP) is 6.20. The number of allylic oxidation sites excluding steroid dienone is 4. The van der Waals surface area contributed by atoms with Gasteiger partial charge in [-0.05, 0) is 75.4 Å². The van der Waals surface area contributed by atoms with E-state index in [0.29, 0.717) is 13.2 Å². The number of nitrogens with two attached hydrogens (primary N) is 1. The molecule has 1 fully saturated rings. The van der Waals surface area contributed by atoms with Gasteiger partial charge in [0.1, 0.15) is 5.75 Å². The first-order valence-corrected chi connectivity index (χ1v) is 11.8. The molecule has 1 amide bonds. The SMILES string of the molecule is C/C=C\C=C(/CC)CCC[C@H]1C(=O)N(c2ccccc2)[C@@H]1c1ccc(OCCCN)cc1. The van der Waals surface area contributed by atoms with Gasteiger partial charge in [-0.1, -0.05) is 61.1 Å². The molecule has 1 aliphatic rings. The lowest BCUT2D eigenvalue weighted by Gasteiger charge is -2.47. The molecule has 32 heavy (non-hydrogen) atoms. The molecule has 2 atom stereocenters. The second kappa shape index (κ2) is 12.3. The lowest BCUT2D eigenvalue weighted by molar-refractivity contribution is -0.130. The van der Waals surface area contributed by atoms with Crippen LogP contribution >= 0.6 is 0 Å². The van der Waals surface area contributed by atoms with Crippen LogP contribution in [-0.2, 0) is 4.79 Å². The van der Waals surface area contributed by atoms with Gasteiger partial charge in [0.2, 0.25) is 5.91 Å². The van der Waals surface area contributed by atoms with Gasteiger partial charge < -0.3 is 15.4 Å². The van der Waals surface area contributed by atoms with Crippen molar-refractivity contribution in [1.82, 2.24) is 0 Å². The minimum Gasteiger partial charge on any atom is -0.494 e. The Kier molecular flexibility index (Phi) is 9.12. The molecule has 0 unspecified atom stereocenters. The molecule has 170 valence electrons. The second-order valence-corrected chi connectivity index (χ2v) is 8.25. The molecule has 0 radical (unpaired) electrons. The molecule has 0 aromatic heterocycles. The molecule has 0 saturated carbocycles. The molecule has 4 heteroatoms. The maximum Gasteiger partial charge on any atom is 0.233 e. The van der Waals surface area contributed by atoms with E-state index in [1.165, 1.54) is 5.57 Å². The number of hydrogen-bond donors (Lipinski definition) is 1. The molecule has 0 spiro atoms. The minimum absolute atomic E-state index is 0.0130. The third kappa shape index (κ3) is 5.89. The summed E-state index contributed by atoms with van der Waals surface area (Å²) in [7, 11) is 0. The fourth-order valence-electron chi connectivity index (χ4n) is 4.28. The fraction of sp³-hybridized carbons (Fsp3) is 0.393. The van der Waals surface area contributed by atoms with E-state index < -0.39 is 0 Å². The normalized spacial score (nSPS) is 18.8. The van der Waals surface area contributed by atoms with Crippen LogP contribution in [0.3, 0.4) is 0 Å². The Bertz CT molecular complexity index is 903. The zero-order valence-corrected chi connectivity index (χ0v) is 19.4. The number of nitrogens with zero attached hydrogens (tertiary/aromatic N) is 1. The van der Waals surface area contributed by atoms with Crippen LogP contribution in [0, 0.1) is 5.92 Å². The molecule has 0 bridgehead atoms. The molecular weight excluding hydrogens is 396 g/mol. The maximum absolute atomic E-state index is 13.2. The van der Waals surface area contributed by atoms with E-state index in [1.54, 1.807) is 0 Å². The average molecular weight is 433 g/mol. The number of hydrogen-bond acceptors (Lipinski definition) is 3. The summed E-state index contributed by atoms with van der Waals surface area (Å²) in [4.78, 5) is 15.1. The molecule has 0 aliphatic carbocycles. The molecule has 2 N–H and O–H groups in total. The molecule has 2 aromatic rings. The molecule has 1 aliphatic heterocycles. The van der Waals surface area contributed by atoms with Crippen LogP contribution < -0.4 is 15.4 Å². The summed E-state index contributed by atoms with van der Waals surface area (Å²) in [5.74, 6) is 1.08. The number of anilines is 1. The van der Waals surface area contributed by atoms with Gasteiger partial charge in [0.05, 0.1) is 18.6 Å². The number of rotatable bonds is 12. The molecule has 2 aromatic carbocycles. The van der Waals surface area contributed by atoms with E-state index in [2.05, 4.69) is 37.3 Å². The Morgan fingerprint density at radius 3 is 2.50 bits per heavy atom. The summed E-state index contributed by atoms with van der Waals surface area (Å²) in [6.45, 7) is 5.48. The first-order valence-electron chi connectivity index (χ1n) is 11.8. The topological polar surface area (TPSA) is 55.6 Å². The Morgan fingerprint density at radius 2 is 1.84 bits per heavy atom. The first-order chi connectivity index (χ1) is 15.7. The van der Waals surface area contributed by atoms with E-state index >= 15 is 0 Å². The van der Waals surface area contributed by atoms with Crippen molar-refractivity contribution >= 4 is 11.6 Å². The van der Waals surface area contributed by atoms with Crippen molar-refractivity contribution in [2.75, 3.05) is 18.1 Å². The molecule has 4 nitrogen and oxygen atoms in total. The Morgan fingerprint density at radius 1 is 1.09 bits per heavy atom. The molecule has 1 heterocycles. The van der Waals surface area contributed by atoms with Crippen molar-refractivity contribution < 1.29 is 9.53 Å². The average Bonchev–Trinajstić information content (AvgIpc) is 2.83. The highest BCUT2D eigenvalue weighted by molar-refractivity contribution is 6.03. The summed E-state index contributed by atoms with van der Waals surface area (Å²) in [6.07, 6.45) is 11.2. The fourth-order valence-corrected chi connectivity index (χ4v) is 4.28. The van der Waals surface area contributed by atoms with Gasteiger partial charge in [-0.25, -0.2) is 0 Å². The van der Waals surface area contributed by atoms with Gasteiger partial charge in [-0.2, -0.15) is 0 Å². The smallest absolute Gasteiger partial charge is 0.233 e.